The largest absolute Gasteiger partial charge is 0.356 e. The first-order valence-corrected chi connectivity index (χ1v) is 8.01. The molecule has 1 aromatic carbocycles. The fourth-order valence-corrected chi connectivity index (χ4v) is 3.25. The van der Waals surface area contributed by atoms with Crippen molar-refractivity contribution in [3.63, 3.8) is 0 Å². The molecule has 4 rings (SSSR count). The molecule has 24 heavy (non-hydrogen) atoms. The van der Waals surface area contributed by atoms with Gasteiger partial charge in [0.15, 0.2) is 0 Å². The van der Waals surface area contributed by atoms with Crippen LogP contribution < -0.4 is 4.90 Å². The van der Waals surface area contributed by atoms with Crippen LogP contribution in [0.2, 0.25) is 0 Å². The molecule has 7 nitrogen and oxygen atoms in total. The first kappa shape index (κ1) is 14.6. The third kappa shape index (κ3) is 2.68. The average Bonchev–Trinajstić information content (AvgIpc) is 3.06. The van der Waals surface area contributed by atoms with Crippen molar-refractivity contribution in [3.05, 3.63) is 58.5 Å². The Morgan fingerprint density at radius 3 is 2.88 bits per heavy atom. The number of benzene rings is 1. The first-order valence-electron chi connectivity index (χ1n) is 8.01. The summed E-state index contributed by atoms with van der Waals surface area (Å²) in [7, 11) is 0. The molecule has 1 fully saturated rings. The maximum atomic E-state index is 10.8. The first-order chi connectivity index (χ1) is 11.7. The van der Waals surface area contributed by atoms with Crippen LogP contribution in [0.5, 0.6) is 0 Å². The van der Waals surface area contributed by atoms with Crippen molar-refractivity contribution in [1.82, 2.24) is 15.0 Å². The van der Waals surface area contributed by atoms with Gasteiger partial charge in [-0.25, -0.2) is 9.97 Å². The molecule has 0 saturated carbocycles. The van der Waals surface area contributed by atoms with E-state index in [2.05, 4.69) is 14.9 Å². The summed E-state index contributed by atoms with van der Waals surface area (Å²) in [5.41, 5.74) is 2.06. The molecule has 1 aliphatic heterocycles. The lowest BCUT2D eigenvalue weighted by Gasteiger charge is -2.32. The number of aromatic nitrogens is 3. The zero-order chi connectivity index (χ0) is 16.5. The number of aromatic amines is 1. The highest BCUT2D eigenvalue weighted by molar-refractivity contribution is 5.74. The Bertz CT molecular complexity index is 841. The standard InChI is InChI=1S/C17H17N5O2/c23-22(24)13-7-8-16(18-10-13)21-9-3-4-12(11-21)17-19-14-5-1-2-6-15(14)20-17/h1-2,5-8,10,12H,3-4,9,11H2,(H,19,20)/t12-/m0/s1. The number of hydrogen-bond donors (Lipinski definition) is 1. The van der Waals surface area contributed by atoms with Gasteiger partial charge in [-0.3, -0.25) is 10.1 Å². The van der Waals surface area contributed by atoms with E-state index in [0.29, 0.717) is 5.92 Å². The van der Waals surface area contributed by atoms with Crippen LogP contribution in [0.1, 0.15) is 24.6 Å². The Morgan fingerprint density at radius 2 is 2.12 bits per heavy atom. The summed E-state index contributed by atoms with van der Waals surface area (Å²) in [4.78, 5) is 24.9. The summed E-state index contributed by atoms with van der Waals surface area (Å²) < 4.78 is 0. The third-order valence-electron chi connectivity index (χ3n) is 4.48. The molecule has 0 aliphatic carbocycles. The minimum Gasteiger partial charge on any atom is -0.356 e. The second kappa shape index (κ2) is 5.92. The van der Waals surface area contributed by atoms with Gasteiger partial charge in [0.05, 0.1) is 16.0 Å². The lowest BCUT2D eigenvalue weighted by molar-refractivity contribution is -0.385. The second-order valence-electron chi connectivity index (χ2n) is 6.06. The van der Waals surface area contributed by atoms with Crippen LogP contribution in [0.3, 0.4) is 0 Å². The number of nitro groups is 1. The predicted molar refractivity (Wildman–Crippen MR) is 91.2 cm³/mol. The smallest absolute Gasteiger partial charge is 0.287 e. The number of piperidine rings is 1. The molecule has 122 valence electrons. The molecule has 3 heterocycles. The summed E-state index contributed by atoms with van der Waals surface area (Å²) in [6.45, 7) is 1.71. The van der Waals surface area contributed by atoms with E-state index in [4.69, 9.17) is 4.98 Å². The van der Waals surface area contributed by atoms with Gasteiger partial charge in [-0.2, -0.15) is 0 Å². The topological polar surface area (TPSA) is 88.0 Å². The number of imidazole rings is 1. The number of fused-ring (bicyclic) bond motifs is 1. The normalized spacial score (nSPS) is 18.0. The molecular formula is C17H17N5O2. The SMILES string of the molecule is O=[N+]([O-])c1ccc(N2CCC[C@H](c3nc4ccccc4[nH]3)C2)nc1. The van der Waals surface area contributed by atoms with Gasteiger partial charge in [0, 0.05) is 25.1 Å². The summed E-state index contributed by atoms with van der Waals surface area (Å²) >= 11 is 0. The molecule has 0 radical (unpaired) electrons. The van der Waals surface area contributed by atoms with E-state index in [1.54, 1.807) is 6.07 Å². The van der Waals surface area contributed by atoms with Crippen LogP contribution in [0.4, 0.5) is 11.5 Å². The number of nitrogens with one attached hydrogen (secondary N) is 1. The van der Waals surface area contributed by atoms with Gasteiger partial charge in [0.2, 0.25) is 0 Å². The number of pyridine rings is 1. The molecule has 2 aromatic heterocycles. The Balaban J connectivity index is 1.55. The van der Waals surface area contributed by atoms with Crippen molar-refractivity contribution in [1.29, 1.82) is 0 Å². The summed E-state index contributed by atoms with van der Waals surface area (Å²) in [6.07, 6.45) is 3.43. The van der Waals surface area contributed by atoms with Gasteiger partial charge in [-0.05, 0) is 31.0 Å². The summed E-state index contributed by atoms with van der Waals surface area (Å²) in [6, 6.07) is 11.3. The van der Waals surface area contributed by atoms with Crippen LogP contribution in [-0.4, -0.2) is 33.0 Å². The fraction of sp³-hybridized carbons (Fsp3) is 0.294. The van der Waals surface area contributed by atoms with E-state index in [-0.39, 0.29) is 5.69 Å². The van der Waals surface area contributed by atoms with E-state index in [1.807, 2.05) is 24.3 Å². The molecule has 1 saturated heterocycles. The molecule has 3 aromatic rings. The van der Waals surface area contributed by atoms with Crippen molar-refractivity contribution in [2.45, 2.75) is 18.8 Å². The highest BCUT2D eigenvalue weighted by atomic mass is 16.6. The molecule has 0 amide bonds. The lowest BCUT2D eigenvalue weighted by Crippen LogP contribution is -2.35. The maximum absolute atomic E-state index is 10.8. The van der Waals surface area contributed by atoms with Gasteiger partial charge in [-0.1, -0.05) is 12.1 Å². The lowest BCUT2D eigenvalue weighted by atomic mass is 9.97. The molecule has 0 spiro atoms. The third-order valence-corrected chi connectivity index (χ3v) is 4.48. The Hall–Kier alpha value is -2.96. The highest BCUT2D eigenvalue weighted by Gasteiger charge is 2.25. The van der Waals surface area contributed by atoms with Crippen LogP contribution in [0, 0.1) is 10.1 Å². The molecule has 1 aliphatic rings. The van der Waals surface area contributed by atoms with Crippen LogP contribution in [0.15, 0.2) is 42.6 Å². The van der Waals surface area contributed by atoms with E-state index >= 15 is 0 Å². The van der Waals surface area contributed by atoms with Gasteiger partial charge < -0.3 is 9.88 Å². The summed E-state index contributed by atoms with van der Waals surface area (Å²) in [5, 5.41) is 10.8. The zero-order valence-corrected chi connectivity index (χ0v) is 13.1. The van der Waals surface area contributed by atoms with E-state index in [9.17, 15) is 10.1 Å². The molecule has 7 heteroatoms. The van der Waals surface area contributed by atoms with Crippen molar-refractivity contribution in [2.24, 2.45) is 0 Å². The molecule has 0 unspecified atom stereocenters. The van der Waals surface area contributed by atoms with Crippen molar-refractivity contribution in [3.8, 4) is 0 Å². The Kier molecular flexibility index (Phi) is 3.60. The second-order valence-corrected chi connectivity index (χ2v) is 6.06. The fourth-order valence-electron chi connectivity index (χ4n) is 3.25. The molecule has 1 N–H and O–H groups in total. The van der Waals surface area contributed by atoms with Gasteiger partial charge >= 0.3 is 0 Å². The number of hydrogen-bond acceptors (Lipinski definition) is 5. The monoisotopic (exact) mass is 323 g/mol. The van der Waals surface area contributed by atoms with Gasteiger partial charge in [0.1, 0.15) is 17.8 Å². The number of rotatable bonds is 3. The highest BCUT2D eigenvalue weighted by Crippen LogP contribution is 2.29. The van der Waals surface area contributed by atoms with Crippen molar-refractivity contribution >= 4 is 22.5 Å². The maximum Gasteiger partial charge on any atom is 0.287 e. The van der Waals surface area contributed by atoms with Gasteiger partial charge in [-0.15, -0.1) is 0 Å². The molecule has 0 bridgehead atoms. The van der Waals surface area contributed by atoms with Crippen LogP contribution in [-0.2, 0) is 0 Å². The van der Waals surface area contributed by atoms with Crippen molar-refractivity contribution in [2.75, 3.05) is 18.0 Å². The minimum atomic E-state index is -0.426. The van der Waals surface area contributed by atoms with Gasteiger partial charge in [0.25, 0.3) is 5.69 Å². The van der Waals surface area contributed by atoms with Crippen LogP contribution in [0.25, 0.3) is 11.0 Å². The van der Waals surface area contributed by atoms with E-state index in [0.717, 1.165) is 48.6 Å². The Morgan fingerprint density at radius 1 is 1.25 bits per heavy atom. The van der Waals surface area contributed by atoms with E-state index < -0.39 is 4.92 Å². The average molecular weight is 323 g/mol. The van der Waals surface area contributed by atoms with E-state index in [1.165, 1.54) is 12.3 Å². The number of anilines is 1. The Labute approximate surface area is 138 Å². The molecule has 1 atom stereocenters. The molecular weight excluding hydrogens is 306 g/mol. The number of para-hydroxylation sites is 2. The quantitative estimate of drug-likeness (QED) is 0.590. The predicted octanol–water partition coefficient (Wildman–Crippen LogP) is 3.25. The summed E-state index contributed by atoms with van der Waals surface area (Å²) in [5.74, 6) is 2.09. The number of H-pyrrole nitrogens is 1. The van der Waals surface area contributed by atoms with Crippen LogP contribution >= 0.6 is 0 Å². The number of nitrogens with zero attached hydrogens (tertiary/aromatic N) is 4. The minimum absolute atomic E-state index is 0.0181. The van der Waals surface area contributed by atoms with Crippen molar-refractivity contribution < 1.29 is 4.92 Å². The zero-order valence-electron chi connectivity index (χ0n) is 13.1.